The standard InChI is InChI=1S/C15H20ClFN2/c16-12-7-9(5-6-13(12)17)8-14(19-18)15-10-3-1-2-4-11(10)15/h5-7,10-11,14-15,19H,1-4,8,18H2. The minimum Gasteiger partial charge on any atom is -0.271 e. The number of fused-ring (bicyclic) bond motifs is 1. The molecule has 3 atom stereocenters. The molecule has 0 amide bonds. The van der Waals surface area contributed by atoms with E-state index in [-0.39, 0.29) is 16.9 Å². The summed E-state index contributed by atoms with van der Waals surface area (Å²) in [5.41, 5.74) is 4.02. The van der Waals surface area contributed by atoms with Crippen LogP contribution in [0, 0.1) is 23.6 Å². The Morgan fingerprint density at radius 3 is 2.58 bits per heavy atom. The fourth-order valence-electron chi connectivity index (χ4n) is 3.87. The molecular weight excluding hydrogens is 263 g/mol. The van der Waals surface area contributed by atoms with E-state index in [1.807, 2.05) is 0 Å². The molecule has 1 aromatic carbocycles. The van der Waals surface area contributed by atoms with Gasteiger partial charge in [0, 0.05) is 6.04 Å². The third kappa shape index (κ3) is 2.64. The monoisotopic (exact) mass is 282 g/mol. The van der Waals surface area contributed by atoms with Crippen LogP contribution in [0.2, 0.25) is 5.02 Å². The lowest BCUT2D eigenvalue weighted by Crippen LogP contribution is -2.39. The maximum Gasteiger partial charge on any atom is 0.141 e. The highest BCUT2D eigenvalue weighted by Crippen LogP contribution is 2.57. The van der Waals surface area contributed by atoms with Gasteiger partial charge in [-0.05, 0) is 54.7 Å². The lowest BCUT2D eigenvalue weighted by atomic mass is 10.0. The molecule has 3 unspecified atom stereocenters. The molecule has 0 aliphatic heterocycles. The Labute approximate surface area is 118 Å². The molecule has 4 heteroatoms. The van der Waals surface area contributed by atoms with Gasteiger partial charge in [-0.3, -0.25) is 11.3 Å². The first-order valence-electron chi connectivity index (χ1n) is 7.10. The molecule has 0 bridgehead atoms. The number of hydrogen-bond acceptors (Lipinski definition) is 2. The van der Waals surface area contributed by atoms with Crippen molar-refractivity contribution in [2.75, 3.05) is 0 Å². The van der Waals surface area contributed by atoms with Crippen LogP contribution in [0.25, 0.3) is 0 Å². The first-order chi connectivity index (χ1) is 9.20. The highest BCUT2D eigenvalue weighted by atomic mass is 35.5. The predicted octanol–water partition coefficient (Wildman–Crippen LogP) is 3.29. The second-order valence-corrected chi connectivity index (χ2v) is 6.32. The summed E-state index contributed by atoms with van der Waals surface area (Å²) in [6, 6.07) is 5.24. The van der Waals surface area contributed by atoms with E-state index in [1.165, 1.54) is 31.7 Å². The SMILES string of the molecule is NNC(Cc1ccc(F)c(Cl)c1)C1C2CCCCC21. The highest BCUT2D eigenvalue weighted by Gasteiger charge is 2.53. The van der Waals surface area contributed by atoms with Gasteiger partial charge in [-0.1, -0.05) is 30.5 Å². The summed E-state index contributed by atoms with van der Waals surface area (Å²) in [6.45, 7) is 0. The first-order valence-corrected chi connectivity index (χ1v) is 7.48. The molecule has 2 aliphatic rings. The predicted molar refractivity (Wildman–Crippen MR) is 75.2 cm³/mol. The third-order valence-electron chi connectivity index (χ3n) is 4.84. The van der Waals surface area contributed by atoms with Crippen molar-refractivity contribution < 1.29 is 4.39 Å². The Morgan fingerprint density at radius 2 is 2.00 bits per heavy atom. The van der Waals surface area contributed by atoms with Gasteiger partial charge >= 0.3 is 0 Å². The van der Waals surface area contributed by atoms with E-state index < -0.39 is 0 Å². The van der Waals surface area contributed by atoms with Gasteiger partial charge < -0.3 is 0 Å². The topological polar surface area (TPSA) is 38.0 Å². The molecule has 0 radical (unpaired) electrons. The van der Waals surface area contributed by atoms with E-state index in [2.05, 4.69) is 5.43 Å². The molecule has 3 rings (SSSR count). The van der Waals surface area contributed by atoms with Crippen LogP contribution < -0.4 is 11.3 Å². The Balaban J connectivity index is 1.68. The third-order valence-corrected chi connectivity index (χ3v) is 5.13. The molecule has 0 saturated heterocycles. The van der Waals surface area contributed by atoms with Crippen LogP contribution in [0.1, 0.15) is 31.2 Å². The summed E-state index contributed by atoms with van der Waals surface area (Å²) in [5.74, 6) is 7.76. The number of rotatable bonds is 4. The van der Waals surface area contributed by atoms with Crippen molar-refractivity contribution in [1.82, 2.24) is 5.43 Å². The summed E-state index contributed by atoms with van der Waals surface area (Å²) >= 11 is 5.83. The molecule has 0 heterocycles. The maximum absolute atomic E-state index is 13.2. The molecule has 0 aromatic heterocycles. The Hall–Kier alpha value is -0.640. The molecule has 104 valence electrons. The molecule has 3 N–H and O–H groups in total. The number of halogens is 2. The number of hydrazine groups is 1. The van der Waals surface area contributed by atoms with E-state index in [0.717, 1.165) is 23.8 Å². The molecular formula is C15H20ClFN2. The van der Waals surface area contributed by atoms with Gasteiger partial charge in [0.05, 0.1) is 5.02 Å². The molecule has 1 aromatic rings. The summed E-state index contributed by atoms with van der Waals surface area (Å²) < 4.78 is 13.2. The number of nitrogens with one attached hydrogen (secondary N) is 1. The average molecular weight is 283 g/mol. The van der Waals surface area contributed by atoms with Crippen molar-refractivity contribution in [3.8, 4) is 0 Å². The van der Waals surface area contributed by atoms with E-state index >= 15 is 0 Å². The Kier molecular flexibility index (Phi) is 3.79. The second-order valence-electron chi connectivity index (χ2n) is 5.92. The maximum atomic E-state index is 13.2. The summed E-state index contributed by atoms with van der Waals surface area (Å²) in [4.78, 5) is 0. The smallest absolute Gasteiger partial charge is 0.141 e. The minimum absolute atomic E-state index is 0.196. The van der Waals surface area contributed by atoms with Crippen LogP contribution in [0.5, 0.6) is 0 Å². The lowest BCUT2D eigenvalue weighted by molar-refractivity contribution is 0.437. The lowest BCUT2D eigenvalue weighted by Gasteiger charge is -2.16. The van der Waals surface area contributed by atoms with E-state index in [1.54, 1.807) is 12.1 Å². The van der Waals surface area contributed by atoms with Crippen molar-refractivity contribution in [3.63, 3.8) is 0 Å². The summed E-state index contributed by atoms with van der Waals surface area (Å²) in [5, 5.41) is 0.196. The van der Waals surface area contributed by atoms with Crippen LogP contribution in [0.15, 0.2) is 18.2 Å². The van der Waals surface area contributed by atoms with Gasteiger partial charge in [0.2, 0.25) is 0 Å². The van der Waals surface area contributed by atoms with Gasteiger partial charge in [-0.15, -0.1) is 0 Å². The van der Waals surface area contributed by atoms with E-state index in [9.17, 15) is 4.39 Å². The van der Waals surface area contributed by atoms with Gasteiger partial charge in [-0.2, -0.15) is 0 Å². The Morgan fingerprint density at radius 1 is 1.32 bits per heavy atom. The largest absolute Gasteiger partial charge is 0.271 e. The van der Waals surface area contributed by atoms with Crippen LogP contribution in [-0.2, 0) is 6.42 Å². The molecule has 19 heavy (non-hydrogen) atoms. The van der Waals surface area contributed by atoms with Gasteiger partial charge in [0.1, 0.15) is 5.82 Å². The molecule has 0 spiro atoms. The zero-order valence-electron chi connectivity index (χ0n) is 10.9. The quantitative estimate of drug-likeness (QED) is 0.657. The normalized spacial score (nSPS) is 30.8. The van der Waals surface area contributed by atoms with Crippen LogP contribution in [0.4, 0.5) is 4.39 Å². The van der Waals surface area contributed by atoms with Gasteiger partial charge in [0.15, 0.2) is 0 Å². The summed E-state index contributed by atoms with van der Waals surface area (Å²) in [6.07, 6.45) is 6.23. The van der Waals surface area contributed by atoms with Gasteiger partial charge in [0.25, 0.3) is 0 Å². The summed E-state index contributed by atoms with van der Waals surface area (Å²) in [7, 11) is 0. The zero-order chi connectivity index (χ0) is 13.4. The minimum atomic E-state index is -0.359. The highest BCUT2D eigenvalue weighted by molar-refractivity contribution is 6.30. The molecule has 2 aliphatic carbocycles. The second kappa shape index (κ2) is 5.39. The number of benzene rings is 1. The van der Waals surface area contributed by atoms with Gasteiger partial charge in [-0.25, -0.2) is 4.39 Å². The molecule has 2 saturated carbocycles. The van der Waals surface area contributed by atoms with Crippen molar-refractivity contribution in [1.29, 1.82) is 0 Å². The number of nitrogens with two attached hydrogens (primary N) is 1. The molecule has 2 fully saturated rings. The fraction of sp³-hybridized carbons (Fsp3) is 0.600. The number of hydrogen-bond donors (Lipinski definition) is 2. The fourth-order valence-corrected chi connectivity index (χ4v) is 4.07. The van der Waals surface area contributed by atoms with Crippen LogP contribution in [-0.4, -0.2) is 6.04 Å². The van der Waals surface area contributed by atoms with Crippen molar-refractivity contribution in [2.45, 2.75) is 38.1 Å². The average Bonchev–Trinajstić information content (AvgIpc) is 3.14. The first kappa shape index (κ1) is 13.3. The Bertz CT molecular complexity index is 453. The van der Waals surface area contributed by atoms with Crippen LogP contribution >= 0.6 is 11.6 Å². The van der Waals surface area contributed by atoms with Crippen molar-refractivity contribution in [3.05, 3.63) is 34.6 Å². The molecule has 2 nitrogen and oxygen atoms in total. The zero-order valence-corrected chi connectivity index (χ0v) is 11.7. The van der Waals surface area contributed by atoms with E-state index in [0.29, 0.717) is 5.92 Å². The van der Waals surface area contributed by atoms with Crippen molar-refractivity contribution in [2.24, 2.45) is 23.6 Å². The van der Waals surface area contributed by atoms with Crippen LogP contribution in [0.3, 0.4) is 0 Å². The van der Waals surface area contributed by atoms with E-state index in [4.69, 9.17) is 17.4 Å². The van der Waals surface area contributed by atoms with Crippen molar-refractivity contribution >= 4 is 11.6 Å².